The molecule has 0 unspecified atom stereocenters. The van der Waals surface area contributed by atoms with E-state index in [0.29, 0.717) is 0 Å². The lowest BCUT2D eigenvalue weighted by Gasteiger charge is -2.06. The fourth-order valence-corrected chi connectivity index (χ4v) is 4.64. The number of hydrogen-bond acceptors (Lipinski definition) is 3. The van der Waals surface area contributed by atoms with Crippen molar-refractivity contribution in [2.45, 2.75) is 36.6 Å². The molecular weight excluding hydrogens is 367 g/mol. The highest BCUT2D eigenvalue weighted by Gasteiger charge is 2.26. The third-order valence-corrected chi connectivity index (χ3v) is 6.35. The normalized spacial score (nSPS) is 12.9. The van der Waals surface area contributed by atoms with Crippen LogP contribution >= 0.6 is 27.3 Å². The highest BCUT2D eigenvalue weighted by molar-refractivity contribution is 9.11. The van der Waals surface area contributed by atoms with E-state index < -0.39 is 22.6 Å². The van der Waals surface area contributed by atoms with E-state index in [4.69, 9.17) is 0 Å². The number of thiophene rings is 1. The topological polar surface area (TPSA) is 46.2 Å². The van der Waals surface area contributed by atoms with Gasteiger partial charge < -0.3 is 0 Å². The monoisotopic (exact) mass is 379 g/mol. The van der Waals surface area contributed by atoms with Crippen LogP contribution in [0, 0.1) is 6.92 Å². The first-order chi connectivity index (χ1) is 8.62. The van der Waals surface area contributed by atoms with Crippen molar-refractivity contribution < 1.29 is 21.6 Å². The van der Waals surface area contributed by atoms with E-state index in [2.05, 4.69) is 20.7 Å². The predicted octanol–water partition coefficient (Wildman–Crippen LogP) is 3.83. The molecule has 1 N–H and O–H groups in total. The summed E-state index contributed by atoms with van der Waals surface area (Å²) in [5, 5.41) is 0. The largest absolute Gasteiger partial charge is 0.389 e. The zero-order valence-electron chi connectivity index (χ0n) is 10.1. The Bertz CT molecular complexity index is 506. The van der Waals surface area contributed by atoms with Gasteiger partial charge in [-0.05, 0) is 47.3 Å². The van der Waals surface area contributed by atoms with E-state index >= 15 is 0 Å². The molecule has 0 aliphatic carbocycles. The molecule has 0 fully saturated rings. The minimum Gasteiger partial charge on any atom is -0.210 e. The standard InChI is InChI=1S/C10H13BrF3NO2S2/c1-7-6-8(18-9(7)11)19(16,17)15-5-3-2-4-10(12,13)14/h6,15H,2-5H2,1H3. The van der Waals surface area contributed by atoms with Gasteiger partial charge in [0.2, 0.25) is 10.0 Å². The fourth-order valence-electron chi connectivity index (χ4n) is 1.29. The molecule has 0 saturated heterocycles. The average molecular weight is 380 g/mol. The van der Waals surface area contributed by atoms with Crippen LogP contribution in [0.3, 0.4) is 0 Å². The summed E-state index contributed by atoms with van der Waals surface area (Å²) in [7, 11) is -3.62. The van der Waals surface area contributed by atoms with Crippen LogP contribution in [0.25, 0.3) is 0 Å². The number of sulfonamides is 1. The Labute approximate surface area is 122 Å². The van der Waals surface area contributed by atoms with E-state index in [9.17, 15) is 21.6 Å². The number of hydrogen-bond donors (Lipinski definition) is 1. The molecule has 0 bridgehead atoms. The Kier molecular flexibility index (Phi) is 5.84. The van der Waals surface area contributed by atoms with E-state index in [1.807, 2.05) is 0 Å². The summed E-state index contributed by atoms with van der Waals surface area (Å²) in [6.45, 7) is 1.77. The molecule has 1 heterocycles. The van der Waals surface area contributed by atoms with Crippen LogP contribution in [0.1, 0.15) is 24.8 Å². The molecule has 1 aromatic rings. The molecule has 0 atom stereocenters. The van der Waals surface area contributed by atoms with Crippen molar-refractivity contribution in [2.24, 2.45) is 0 Å². The number of alkyl halides is 3. The summed E-state index contributed by atoms with van der Waals surface area (Å²) in [4.78, 5) is 0. The molecule has 0 radical (unpaired) electrons. The van der Waals surface area contributed by atoms with Crippen molar-refractivity contribution in [3.8, 4) is 0 Å². The number of halogens is 4. The quantitative estimate of drug-likeness (QED) is 0.763. The third-order valence-electron chi connectivity index (χ3n) is 2.28. The lowest BCUT2D eigenvalue weighted by atomic mass is 10.2. The Morgan fingerprint density at radius 3 is 2.47 bits per heavy atom. The Morgan fingerprint density at radius 1 is 1.37 bits per heavy atom. The first-order valence-corrected chi connectivity index (χ1v) is 8.53. The molecule has 3 nitrogen and oxygen atoms in total. The molecule has 9 heteroatoms. The molecule has 0 amide bonds. The molecule has 0 aliphatic rings. The molecule has 110 valence electrons. The molecule has 0 spiro atoms. The second kappa shape index (κ2) is 6.55. The molecule has 1 rings (SSSR count). The number of unbranched alkanes of at least 4 members (excludes halogenated alkanes) is 1. The highest BCUT2D eigenvalue weighted by atomic mass is 79.9. The van der Waals surface area contributed by atoms with Gasteiger partial charge in [0.05, 0.1) is 3.79 Å². The summed E-state index contributed by atoms with van der Waals surface area (Å²) in [6.07, 6.45) is -5.00. The highest BCUT2D eigenvalue weighted by Crippen LogP contribution is 2.30. The van der Waals surface area contributed by atoms with Crippen LogP contribution in [-0.4, -0.2) is 21.1 Å². The minimum atomic E-state index is -4.19. The minimum absolute atomic E-state index is 0.00692. The predicted molar refractivity (Wildman–Crippen MR) is 71.9 cm³/mol. The lowest BCUT2D eigenvalue weighted by molar-refractivity contribution is -0.135. The van der Waals surface area contributed by atoms with Gasteiger partial charge in [-0.3, -0.25) is 0 Å². The molecule has 19 heavy (non-hydrogen) atoms. The van der Waals surface area contributed by atoms with Gasteiger partial charge in [-0.2, -0.15) is 13.2 Å². The summed E-state index contributed by atoms with van der Waals surface area (Å²) < 4.78 is 62.5. The SMILES string of the molecule is Cc1cc(S(=O)(=O)NCCCCC(F)(F)F)sc1Br. The first-order valence-electron chi connectivity index (χ1n) is 5.44. The van der Waals surface area contributed by atoms with Crippen molar-refractivity contribution in [1.29, 1.82) is 0 Å². The molecule has 0 aromatic carbocycles. The van der Waals surface area contributed by atoms with Crippen molar-refractivity contribution in [2.75, 3.05) is 6.54 Å². The fraction of sp³-hybridized carbons (Fsp3) is 0.600. The molecule has 1 aromatic heterocycles. The first kappa shape index (κ1) is 16.9. The molecule has 0 saturated carbocycles. The van der Waals surface area contributed by atoms with Gasteiger partial charge in [0, 0.05) is 13.0 Å². The van der Waals surface area contributed by atoms with Crippen LogP contribution in [0.15, 0.2) is 14.1 Å². The summed E-state index contributed by atoms with van der Waals surface area (Å²) >= 11 is 4.30. The van der Waals surface area contributed by atoms with Gasteiger partial charge in [0.25, 0.3) is 0 Å². The van der Waals surface area contributed by atoms with Crippen molar-refractivity contribution in [3.05, 3.63) is 15.4 Å². The lowest BCUT2D eigenvalue weighted by Crippen LogP contribution is -2.24. The van der Waals surface area contributed by atoms with Crippen molar-refractivity contribution in [1.82, 2.24) is 4.72 Å². The van der Waals surface area contributed by atoms with Gasteiger partial charge in [-0.15, -0.1) is 11.3 Å². The van der Waals surface area contributed by atoms with Crippen LogP contribution in [0.2, 0.25) is 0 Å². The van der Waals surface area contributed by atoms with Crippen LogP contribution in [-0.2, 0) is 10.0 Å². The molecular formula is C10H13BrF3NO2S2. The third kappa shape index (κ3) is 5.80. The summed E-state index contributed by atoms with van der Waals surface area (Å²) in [5.41, 5.74) is 0.808. The van der Waals surface area contributed by atoms with Crippen molar-refractivity contribution in [3.63, 3.8) is 0 Å². The van der Waals surface area contributed by atoms with Crippen molar-refractivity contribution >= 4 is 37.3 Å². The second-order valence-electron chi connectivity index (χ2n) is 3.99. The molecule has 0 aliphatic heterocycles. The summed E-state index contributed by atoms with van der Waals surface area (Å²) in [6, 6.07) is 1.52. The number of aryl methyl sites for hydroxylation is 1. The van der Waals surface area contributed by atoms with Crippen LogP contribution in [0.5, 0.6) is 0 Å². The number of nitrogens with one attached hydrogen (secondary N) is 1. The van der Waals surface area contributed by atoms with Gasteiger partial charge in [0.15, 0.2) is 0 Å². The van der Waals surface area contributed by atoms with Crippen LogP contribution in [0.4, 0.5) is 13.2 Å². The van der Waals surface area contributed by atoms with Gasteiger partial charge in [-0.25, -0.2) is 13.1 Å². The smallest absolute Gasteiger partial charge is 0.210 e. The van der Waals surface area contributed by atoms with E-state index in [-0.39, 0.29) is 23.6 Å². The van der Waals surface area contributed by atoms with E-state index in [1.54, 1.807) is 6.92 Å². The summed E-state index contributed by atoms with van der Waals surface area (Å²) in [5.74, 6) is 0. The van der Waals surface area contributed by atoms with Gasteiger partial charge in [0.1, 0.15) is 4.21 Å². The van der Waals surface area contributed by atoms with E-state index in [0.717, 1.165) is 20.7 Å². The average Bonchev–Trinajstić information content (AvgIpc) is 2.58. The second-order valence-corrected chi connectivity index (χ2v) is 8.36. The Balaban J connectivity index is 2.44. The Hall–Kier alpha value is -0.120. The Morgan fingerprint density at radius 2 is 2.00 bits per heavy atom. The van der Waals surface area contributed by atoms with Gasteiger partial charge in [-0.1, -0.05) is 0 Å². The maximum Gasteiger partial charge on any atom is 0.389 e. The van der Waals surface area contributed by atoms with E-state index in [1.165, 1.54) is 6.07 Å². The zero-order chi connectivity index (χ0) is 14.7. The van der Waals surface area contributed by atoms with Gasteiger partial charge >= 0.3 is 6.18 Å². The number of rotatable bonds is 6. The maximum absolute atomic E-state index is 11.9. The van der Waals surface area contributed by atoms with Crippen LogP contribution < -0.4 is 4.72 Å². The maximum atomic E-state index is 11.9. The zero-order valence-corrected chi connectivity index (χ0v) is 13.3.